The first kappa shape index (κ1) is 19.0. The lowest BCUT2D eigenvalue weighted by atomic mass is 10.1. The Bertz CT molecular complexity index is 995. The second kappa shape index (κ2) is 7.84. The molecule has 0 radical (unpaired) electrons. The van der Waals surface area contributed by atoms with Crippen LogP contribution in [0, 0.1) is 20.8 Å². The Kier molecular flexibility index (Phi) is 5.51. The Morgan fingerprint density at radius 2 is 1.93 bits per heavy atom. The molecule has 0 aliphatic heterocycles. The molecule has 0 spiro atoms. The summed E-state index contributed by atoms with van der Waals surface area (Å²) in [6.45, 7) is 6.56. The molecule has 0 bridgehead atoms. The summed E-state index contributed by atoms with van der Waals surface area (Å²) in [5.74, 6) is 0.190. The van der Waals surface area contributed by atoms with Gasteiger partial charge < -0.3 is 10.1 Å². The zero-order valence-electron chi connectivity index (χ0n) is 15.8. The first-order chi connectivity index (χ1) is 12.9. The molecule has 1 aromatic heterocycles. The van der Waals surface area contributed by atoms with Crippen LogP contribution in [0.3, 0.4) is 0 Å². The van der Waals surface area contributed by atoms with E-state index < -0.39 is 0 Å². The van der Waals surface area contributed by atoms with Gasteiger partial charge in [-0.05, 0) is 50.1 Å². The average molecular weight is 384 g/mol. The molecule has 0 aliphatic carbocycles. The van der Waals surface area contributed by atoms with Gasteiger partial charge >= 0.3 is 0 Å². The second-order valence-corrected chi connectivity index (χ2v) is 6.87. The summed E-state index contributed by atoms with van der Waals surface area (Å²) in [5, 5.41) is 8.03. The summed E-state index contributed by atoms with van der Waals surface area (Å²) in [5.41, 5.74) is 5.14. The fraction of sp³-hybridized carbons (Fsp3) is 0.238. The molecule has 2 aromatic carbocycles. The first-order valence-electron chi connectivity index (χ1n) is 8.64. The zero-order valence-corrected chi connectivity index (χ0v) is 16.6. The van der Waals surface area contributed by atoms with Gasteiger partial charge in [0, 0.05) is 5.02 Å². The van der Waals surface area contributed by atoms with E-state index in [1.54, 1.807) is 18.2 Å². The van der Waals surface area contributed by atoms with Crippen molar-refractivity contribution < 1.29 is 9.53 Å². The summed E-state index contributed by atoms with van der Waals surface area (Å²) < 4.78 is 7.18. The molecule has 5 nitrogen and oxygen atoms in total. The Morgan fingerprint density at radius 1 is 1.19 bits per heavy atom. The van der Waals surface area contributed by atoms with E-state index >= 15 is 0 Å². The predicted octanol–water partition coefficient (Wildman–Crippen LogP) is 4.77. The third-order valence-electron chi connectivity index (χ3n) is 4.61. The number of hydrogen-bond donors (Lipinski definition) is 1. The van der Waals surface area contributed by atoms with Gasteiger partial charge in [0.1, 0.15) is 5.75 Å². The van der Waals surface area contributed by atoms with E-state index in [4.69, 9.17) is 16.3 Å². The SMILES string of the molecule is COc1ccc(Cl)cc1C(=O)Nc1c(C)nn(Cc2ccccc2C)c1C. The van der Waals surface area contributed by atoms with E-state index in [1.165, 1.54) is 18.2 Å². The Labute approximate surface area is 163 Å². The van der Waals surface area contributed by atoms with Crippen LogP contribution in [0.25, 0.3) is 0 Å². The Balaban J connectivity index is 1.88. The molecule has 3 rings (SSSR count). The van der Waals surface area contributed by atoms with Gasteiger partial charge in [-0.15, -0.1) is 0 Å². The number of ether oxygens (including phenoxy) is 1. The molecule has 1 N–H and O–H groups in total. The number of hydrogen-bond acceptors (Lipinski definition) is 3. The lowest BCUT2D eigenvalue weighted by molar-refractivity contribution is 0.102. The van der Waals surface area contributed by atoms with Crippen molar-refractivity contribution in [2.45, 2.75) is 27.3 Å². The van der Waals surface area contributed by atoms with Gasteiger partial charge in [-0.25, -0.2) is 0 Å². The van der Waals surface area contributed by atoms with Crippen LogP contribution in [0.2, 0.25) is 5.02 Å². The summed E-state index contributed by atoms with van der Waals surface area (Å²) in [7, 11) is 1.52. The van der Waals surface area contributed by atoms with Gasteiger partial charge in [0.25, 0.3) is 5.91 Å². The van der Waals surface area contributed by atoms with Crippen LogP contribution < -0.4 is 10.1 Å². The van der Waals surface area contributed by atoms with Gasteiger partial charge in [-0.3, -0.25) is 9.48 Å². The topological polar surface area (TPSA) is 56.1 Å². The molecule has 0 atom stereocenters. The van der Waals surface area contributed by atoms with Crippen LogP contribution in [0.1, 0.15) is 32.9 Å². The number of rotatable bonds is 5. The number of benzene rings is 2. The lowest BCUT2D eigenvalue weighted by Gasteiger charge is -2.11. The first-order valence-corrected chi connectivity index (χ1v) is 9.02. The quantitative estimate of drug-likeness (QED) is 0.690. The maximum absolute atomic E-state index is 12.8. The van der Waals surface area contributed by atoms with Crippen molar-refractivity contribution in [2.24, 2.45) is 0 Å². The zero-order chi connectivity index (χ0) is 19.6. The number of methoxy groups -OCH3 is 1. The van der Waals surface area contributed by atoms with Crippen LogP contribution in [0.4, 0.5) is 5.69 Å². The van der Waals surface area contributed by atoms with Gasteiger partial charge in [-0.1, -0.05) is 35.9 Å². The van der Waals surface area contributed by atoms with Gasteiger partial charge in [0.05, 0.1) is 36.3 Å². The highest BCUT2D eigenvalue weighted by atomic mass is 35.5. The van der Waals surface area contributed by atoms with E-state index in [2.05, 4.69) is 29.5 Å². The van der Waals surface area contributed by atoms with Crippen molar-refractivity contribution in [1.82, 2.24) is 9.78 Å². The molecule has 0 saturated heterocycles. The molecule has 1 amide bonds. The number of carbonyl (C=O) groups excluding carboxylic acids is 1. The molecule has 0 fully saturated rings. The number of halogens is 1. The van der Waals surface area contributed by atoms with Crippen molar-refractivity contribution in [3.63, 3.8) is 0 Å². The van der Waals surface area contributed by atoms with Crippen molar-refractivity contribution in [2.75, 3.05) is 12.4 Å². The minimum Gasteiger partial charge on any atom is -0.496 e. The van der Waals surface area contributed by atoms with Crippen molar-refractivity contribution in [1.29, 1.82) is 0 Å². The van der Waals surface area contributed by atoms with Crippen molar-refractivity contribution in [3.05, 3.63) is 75.6 Å². The highest BCUT2D eigenvalue weighted by Crippen LogP contribution is 2.26. The standard InChI is InChI=1S/C21H22ClN3O2/c1-13-7-5-6-8-16(13)12-25-15(3)20(14(2)24-25)23-21(26)18-11-17(22)9-10-19(18)27-4/h5-11H,12H2,1-4H3,(H,23,26). The monoisotopic (exact) mass is 383 g/mol. The number of carbonyl (C=O) groups is 1. The smallest absolute Gasteiger partial charge is 0.259 e. The highest BCUT2D eigenvalue weighted by Gasteiger charge is 2.18. The minimum absolute atomic E-state index is 0.281. The number of nitrogens with one attached hydrogen (secondary N) is 1. The van der Waals surface area contributed by atoms with Gasteiger partial charge in [0.2, 0.25) is 0 Å². The fourth-order valence-electron chi connectivity index (χ4n) is 3.02. The minimum atomic E-state index is -0.281. The number of aromatic nitrogens is 2. The molecular formula is C21H22ClN3O2. The molecular weight excluding hydrogens is 362 g/mol. The average Bonchev–Trinajstić information content (AvgIpc) is 2.91. The summed E-state index contributed by atoms with van der Waals surface area (Å²) >= 11 is 6.04. The molecule has 27 heavy (non-hydrogen) atoms. The van der Waals surface area contributed by atoms with E-state index in [9.17, 15) is 4.79 Å². The molecule has 140 valence electrons. The Hall–Kier alpha value is -2.79. The van der Waals surface area contributed by atoms with Crippen LogP contribution in [0.5, 0.6) is 5.75 Å². The van der Waals surface area contributed by atoms with Gasteiger partial charge in [-0.2, -0.15) is 5.10 Å². The van der Waals surface area contributed by atoms with E-state index in [0.717, 1.165) is 11.4 Å². The van der Waals surface area contributed by atoms with Crippen molar-refractivity contribution in [3.8, 4) is 5.75 Å². The number of aryl methyl sites for hydroxylation is 2. The summed E-state index contributed by atoms with van der Waals surface area (Å²) in [4.78, 5) is 12.8. The van der Waals surface area contributed by atoms with Crippen LogP contribution in [0.15, 0.2) is 42.5 Å². The largest absolute Gasteiger partial charge is 0.496 e. The molecule has 0 aliphatic rings. The number of amides is 1. The normalized spacial score (nSPS) is 10.7. The molecule has 0 unspecified atom stereocenters. The van der Waals surface area contributed by atoms with E-state index in [-0.39, 0.29) is 5.91 Å². The predicted molar refractivity (Wildman–Crippen MR) is 108 cm³/mol. The Morgan fingerprint density at radius 3 is 2.63 bits per heavy atom. The number of anilines is 1. The second-order valence-electron chi connectivity index (χ2n) is 6.43. The molecule has 1 heterocycles. The third-order valence-corrected chi connectivity index (χ3v) is 4.84. The third kappa shape index (κ3) is 3.98. The van der Waals surface area contributed by atoms with E-state index in [0.29, 0.717) is 28.6 Å². The van der Waals surface area contributed by atoms with Gasteiger partial charge in [0.15, 0.2) is 0 Å². The van der Waals surface area contributed by atoms with Crippen molar-refractivity contribution >= 4 is 23.2 Å². The fourth-order valence-corrected chi connectivity index (χ4v) is 3.19. The maximum Gasteiger partial charge on any atom is 0.259 e. The molecule has 3 aromatic rings. The van der Waals surface area contributed by atoms with E-state index in [1.807, 2.05) is 30.7 Å². The lowest BCUT2D eigenvalue weighted by Crippen LogP contribution is -2.14. The number of nitrogens with zero attached hydrogens (tertiary/aromatic N) is 2. The highest BCUT2D eigenvalue weighted by molar-refractivity contribution is 6.31. The molecule has 0 saturated carbocycles. The maximum atomic E-state index is 12.8. The molecule has 6 heteroatoms. The summed E-state index contributed by atoms with van der Waals surface area (Å²) in [6, 6.07) is 13.2. The van der Waals surface area contributed by atoms with Crippen LogP contribution >= 0.6 is 11.6 Å². The van der Waals surface area contributed by atoms with Crippen LogP contribution in [-0.2, 0) is 6.54 Å². The summed E-state index contributed by atoms with van der Waals surface area (Å²) in [6.07, 6.45) is 0. The van der Waals surface area contributed by atoms with Crippen LogP contribution in [-0.4, -0.2) is 22.8 Å².